The maximum atomic E-state index is 14.2. The van der Waals surface area contributed by atoms with Crippen LogP contribution in [0.15, 0.2) is 103 Å². The minimum atomic E-state index is -2.57. The molecule has 2 fully saturated rings. The Kier molecular flexibility index (Phi) is 9.95. The summed E-state index contributed by atoms with van der Waals surface area (Å²) >= 11 is 1.68. The van der Waals surface area contributed by atoms with Gasteiger partial charge in [0.25, 0.3) is 12.0 Å². The van der Waals surface area contributed by atoms with Crippen molar-refractivity contribution >= 4 is 28.3 Å². The van der Waals surface area contributed by atoms with Crippen LogP contribution in [0.5, 0.6) is 0 Å². The van der Waals surface area contributed by atoms with Crippen molar-refractivity contribution in [1.82, 2.24) is 33.9 Å². The number of nitrogens with zero attached hydrogens (tertiary/aromatic N) is 7. The van der Waals surface area contributed by atoms with E-state index in [4.69, 9.17) is 0 Å². The minimum absolute atomic E-state index is 0.0212. The molecule has 2 aromatic carbocycles. The molecule has 0 radical (unpaired) electrons. The van der Waals surface area contributed by atoms with E-state index in [-0.39, 0.29) is 35.4 Å². The molecule has 0 unspecified atom stereocenters. The van der Waals surface area contributed by atoms with Gasteiger partial charge in [-0.3, -0.25) is 24.0 Å². The molecule has 278 valence electrons. The number of fused-ring (bicyclic) bond motifs is 1. The monoisotopic (exact) mass is 749 g/mol. The predicted molar refractivity (Wildman–Crippen MR) is 204 cm³/mol. The molecule has 2 aliphatic rings. The standard InChI is InChI=1S/C41H41F2N7O3S/c1-27-7-8-30(21-44-27)38-45-22-32(54-38)23-47-17-13-33(35(24-47)28-5-3-2-4-6-28)39(51)48-19-15-41(53,16-20-48)25-49-26-46-37-34(40(49)52)14-18-50(37)31-11-9-29(10-12-31)36(42)43/h2-12,14,18,21-22,26,33,35-36,53H,13,15-17,19-20,23-25H2,1H3/t33-,35+/m1/s1. The van der Waals surface area contributed by atoms with Crippen molar-refractivity contribution in [1.29, 1.82) is 0 Å². The fourth-order valence-electron chi connectivity index (χ4n) is 7.83. The summed E-state index contributed by atoms with van der Waals surface area (Å²) in [5.74, 6) is -0.0520. The van der Waals surface area contributed by atoms with Gasteiger partial charge in [-0.1, -0.05) is 42.5 Å². The van der Waals surface area contributed by atoms with E-state index in [2.05, 4.69) is 38.1 Å². The molecular formula is C41H41F2N7O3S. The molecule has 1 N–H and O–H groups in total. The summed E-state index contributed by atoms with van der Waals surface area (Å²) in [5.41, 5.74) is 2.58. The molecule has 6 heterocycles. The minimum Gasteiger partial charge on any atom is -0.388 e. The van der Waals surface area contributed by atoms with E-state index in [0.29, 0.717) is 42.7 Å². The van der Waals surface area contributed by atoms with E-state index < -0.39 is 12.0 Å². The molecule has 0 bridgehead atoms. The van der Waals surface area contributed by atoms with Crippen LogP contribution in [0.25, 0.3) is 27.3 Å². The molecule has 2 saturated heterocycles. The average Bonchev–Trinajstić information content (AvgIpc) is 3.85. The highest BCUT2D eigenvalue weighted by Crippen LogP contribution is 2.37. The third-order valence-electron chi connectivity index (χ3n) is 10.9. The number of carbonyl (C=O) groups excluding carboxylic acids is 1. The lowest BCUT2D eigenvalue weighted by Crippen LogP contribution is -2.53. The Hall–Kier alpha value is -5.11. The Morgan fingerprint density at radius 1 is 0.963 bits per heavy atom. The number of aromatic nitrogens is 5. The summed E-state index contributed by atoms with van der Waals surface area (Å²) in [6.45, 7) is 5.11. The Balaban J connectivity index is 0.921. The van der Waals surface area contributed by atoms with Crippen molar-refractivity contribution in [3.05, 3.63) is 130 Å². The third-order valence-corrected chi connectivity index (χ3v) is 11.9. The van der Waals surface area contributed by atoms with Crippen molar-refractivity contribution in [2.75, 3.05) is 26.2 Å². The second kappa shape index (κ2) is 15.0. The Morgan fingerprint density at radius 3 is 2.46 bits per heavy atom. The van der Waals surface area contributed by atoms with E-state index >= 15 is 0 Å². The average molecular weight is 750 g/mol. The number of halogens is 2. The first-order chi connectivity index (χ1) is 26.1. The number of likely N-dealkylation sites (tertiary alicyclic amines) is 2. The van der Waals surface area contributed by atoms with Crippen LogP contribution >= 0.6 is 11.3 Å². The smallest absolute Gasteiger partial charge is 0.263 e. The molecule has 0 spiro atoms. The number of amides is 1. The number of carbonyl (C=O) groups is 1. The van der Waals surface area contributed by atoms with Crippen molar-refractivity contribution in [3.63, 3.8) is 0 Å². The maximum Gasteiger partial charge on any atom is 0.263 e. The second-order valence-corrected chi connectivity index (χ2v) is 15.6. The molecule has 0 saturated carbocycles. The lowest BCUT2D eigenvalue weighted by molar-refractivity contribution is -0.142. The van der Waals surface area contributed by atoms with Gasteiger partial charge < -0.3 is 14.6 Å². The number of pyridine rings is 1. The van der Waals surface area contributed by atoms with E-state index in [1.54, 1.807) is 40.3 Å². The quantitative estimate of drug-likeness (QED) is 0.177. The van der Waals surface area contributed by atoms with Gasteiger partial charge in [0.2, 0.25) is 5.91 Å². The highest BCUT2D eigenvalue weighted by Gasteiger charge is 2.41. The second-order valence-electron chi connectivity index (χ2n) is 14.5. The first-order valence-corrected chi connectivity index (χ1v) is 19.1. The fourth-order valence-corrected chi connectivity index (χ4v) is 8.78. The van der Waals surface area contributed by atoms with E-state index in [1.807, 2.05) is 48.5 Å². The molecule has 4 aromatic heterocycles. The molecule has 8 rings (SSSR count). The molecule has 1 amide bonds. The first-order valence-electron chi connectivity index (χ1n) is 18.3. The summed E-state index contributed by atoms with van der Waals surface area (Å²) in [7, 11) is 0. The molecule has 54 heavy (non-hydrogen) atoms. The van der Waals surface area contributed by atoms with Crippen molar-refractivity contribution < 1.29 is 18.7 Å². The zero-order valence-corrected chi connectivity index (χ0v) is 30.7. The number of rotatable bonds is 9. The van der Waals surface area contributed by atoms with Gasteiger partial charge in [-0.05, 0) is 68.6 Å². The molecular weight excluding hydrogens is 709 g/mol. The molecule has 2 aliphatic heterocycles. The number of aliphatic hydroxyl groups is 1. The number of piperidine rings is 2. The number of alkyl halides is 2. The van der Waals surface area contributed by atoms with E-state index in [1.165, 1.54) is 27.9 Å². The van der Waals surface area contributed by atoms with Gasteiger partial charge in [0, 0.05) is 84.0 Å². The van der Waals surface area contributed by atoms with Crippen LogP contribution in [0, 0.1) is 12.8 Å². The van der Waals surface area contributed by atoms with Crippen molar-refractivity contribution in [2.24, 2.45) is 5.92 Å². The summed E-state index contributed by atoms with van der Waals surface area (Å²) in [4.78, 5) is 46.8. The van der Waals surface area contributed by atoms with Crippen molar-refractivity contribution in [2.45, 2.75) is 57.2 Å². The van der Waals surface area contributed by atoms with Gasteiger partial charge >= 0.3 is 0 Å². The van der Waals surface area contributed by atoms with Gasteiger partial charge in [-0.15, -0.1) is 11.3 Å². The highest BCUT2D eigenvalue weighted by atomic mass is 32.1. The van der Waals surface area contributed by atoms with Crippen LogP contribution in [-0.2, 0) is 17.9 Å². The Bertz CT molecular complexity index is 2300. The number of hydrogen-bond donors (Lipinski definition) is 1. The number of aryl methyl sites for hydroxylation is 1. The summed E-state index contributed by atoms with van der Waals surface area (Å²) in [6.07, 6.45) is 5.75. The Morgan fingerprint density at radius 2 is 1.74 bits per heavy atom. The summed E-state index contributed by atoms with van der Waals surface area (Å²) in [6, 6.07) is 21.8. The third kappa shape index (κ3) is 7.35. The lowest BCUT2D eigenvalue weighted by Gasteiger charge is -2.43. The number of thiazole rings is 1. The molecule has 6 aromatic rings. The van der Waals surface area contributed by atoms with Gasteiger partial charge in [0.1, 0.15) is 11.3 Å². The van der Waals surface area contributed by atoms with Crippen LogP contribution in [-0.4, -0.2) is 76.7 Å². The molecule has 2 atom stereocenters. The van der Waals surface area contributed by atoms with Crippen LogP contribution < -0.4 is 5.56 Å². The van der Waals surface area contributed by atoms with Crippen LogP contribution in [0.4, 0.5) is 8.78 Å². The summed E-state index contributed by atoms with van der Waals surface area (Å²) < 4.78 is 29.2. The van der Waals surface area contributed by atoms with Crippen LogP contribution in [0.1, 0.15) is 53.3 Å². The Labute approximate surface area is 315 Å². The SMILES string of the molecule is Cc1ccc(-c2ncc(CN3CC[C@@H](C(=O)N4CCC(O)(Cn5cnc6c(ccn6-c6ccc(C(F)F)cc6)c5=O)CC4)[C@H](c4ccccc4)C3)s2)cn1. The fraction of sp³-hybridized carbons (Fsp3) is 0.341. The summed E-state index contributed by atoms with van der Waals surface area (Å²) in [5, 5.41) is 13.0. The predicted octanol–water partition coefficient (Wildman–Crippen LogP) is 6.61. The number of benzene rings is 2. The number of hydrogen-bond acceptors (Lipinski definition) is 8. The lowest BCUT2D eigenvalue weighted by atomic mass is 9.79. The highest BCUT2D eigenvalue weighted by molar-refractivity contribution is 7.15. The zero-order chi connectivity index (χ0) is 37.4. The zero-order valence-electron chi connectivity index (χ0n) is 29.9. The normalized spacial score (nSPS) is 19.1. The van der Waals surface area contributed by atoms with E-state index in [0.717, 1.165) is 47.9 Å². The molecule has 13 heteroatoms. The molecule has 0 aliphatic carbocycles. The topological polar surface area (TPSA) is 109 Å². The first kappa shape index (κ1) is 35.9. The van der Waals surface area contributed by atoms with Gasteiger partial charge in [0.05, 0.1) is 17.5 Å². The molecule has 10 nitrogen and oxygen atoms in total. The van der Waals surface area contributed by atoms with Gasteiger partial charge in [-0.25, -0.2) is 18.7 Å². The van der Waals surface area contributed by atoms with Crippen LogP contribution in [0.2, 0.25) is 0 Å². The van der Waals surface area contributed by atoms with Gasteiger partial charge in [-0.2, -0.15) is 0 Å². The maximum absolute atomic E-state index is 14.2. The largest absolute Gasteiger partial charge is 0.388 e. The van der Waals surface area contributed by atoms with Gasteiger partial charge in [0.15, 0.2) is 5.65 Å². The van der Waals surface area contributed by atoms with Crippen LogP contribution in [0.3, 0.4) is 0 Å². The van der Waals surface area contributed by atoms with E-state index in [9.17, 15) is 23.5 Å². The van der Waals surface area contributed by atoms with Crippen molar-refractivity contribution in [3.8, 4) is 16.3 Å².